The van der Waals surface area contributed by atoms with Crippen LogP contribution in [-0.2, 0) is 0 Å². The molecule has 2 atom stereocenters. The molecule has 0 amide bonds. The summed E-state index contributed by atoms with van der Waals surface area (Å²) in [5, 5.41) is 16.3. The Labute approximate surface area is 67.2 Å². The molecule has 2 rings (SSSR count). The maximum Gasteiger partial charge on any atom is 0.0745 e. The first-order chi connectivity index (χ1) is 5.38. The molecule has 0 aromatic carbocycles. The molecule has 0 saturated carbocycles. The molecule has 3 N–H and O–H groups in total. The van der Waals surface area contributed by atoms with Crippen molar-refractivity contribution in [2.24, 2.45) is 5.92 Å². The van der Waals surface area contributed by atoms with Gasteiger partial charge >= 0.3 is 0 Å². The molecule has 2 aliphatic heterocycles. The van der Waals surface area contributed by atoms with Gasteiger partial charge in [0.05, 0.1) is 6.10 Å². The minimum Gasteiger partial charge on any atom is -0.391 e. The van der Waals surface area contributed by atoms with E-state index in [0.717, 1.165) is 26.1 Å². The average molecular weight is 156 g/mol. The van der Waals surface area contributed by atoms with Gasteiger partial charge in [0.15, 0.2) is 0 Å². The molecule has 0 aliphatic carbocycles. The topological polar surface area (TPSA) is 44.3 Å². The molecule has 2 aliphatic rings. The summed E-state index contributed by atoms with van der Waals surface area (Å²) in [5.74, 6) is 0.505. The van der Waals surface area contributed by atoms with E-state index in [0.29, 0.717) is 12.0 Å². The van der Waals surface area contributed by atoms with Gasteiger partial charge in [0.1, 0.15) is 0 Å². The van der Waals surface area contributed by atoms with Gasteiger partial charge in [-0.25, -0.2) is 0 Å². The number of nitrogens with one attached hydrogen (secondary N) is 2. The van der Waals surface area contributed by atoms with E-state index in [4.69, 9.17) is 0 Å². The number of aliphatic hydroxyl groups excluding tert-OH is 1. The molecular formula is C8H16N2O. The third-order valence-corrected chi connectivity index (χ3v) is 2.81. The maximum atomic E-state index is 9.77. The fourth-order valence-electron chi connectivity index (χ4n) is 1.88. The van der Waals surface area contributed by atoms with Crippen LogP contribution in [0.2, 0.25) is 0 Å². The van der Waals surface area contributed by atoms with Crippen LogP contribution in [0.15, 0.2) is 0 Å². The average Bonchev–Trinajstić information content (AvgIpc) is 2.32. The summed E-state index contributed by atoms with van der Waals surface area (Å²) in [6.45, 7) is 3.08. The van der Waals surface area contributed by atoms with Gasteiger partial charge in [-0.3, -0.25) is 0 Å². The first-order valence-electron chi connectivity index (χ1n) is 4.50. The Bertz CT molecular complexity index is 130. The molecule has 3 nitrogen and oxygen atoms in total. The lowest BCUT2D eigenvalue weighted by atomic mass is 9.90. The van der Waals surface area contributed by atoms with Crippen LogP contribution in [0.1, 0.15) is 12.8 Å². The standard InChI is InChI=1S/C8H16N2O/c11-8(6-4-9-5-6)7-2-1-3-10-7/h6-11H,1-5H2. The fraction of sp³-hybridized carbons (Fsp3) is 1.00. The number of aliphatic hydroxyl groups is 1. The molecule has 64 valence electrons. The summed E-state index contributed by atoms with van der Waals surface area (Å²) in [6, 6.07) is 0.377. The molecule has 2 unspecified atom stereocenters. The second-order valence-corrected chi connectivity index (χ2v) is 3.61. The molecule has 0 radical (unpaired) electrons. The lowest BCUT2D eigenvalue weighted by Gasteiger charge is -2.34. The number of hydrogen-bond acceptors (Lipinski definition) is 3. The van der Waals surface area contributed by atoms with Gasteiger partial charge in [-0.1, -0.05) is 0 Å². The van der Waals surface area contributed by atoms with Crippen LogP contribution in [0.4, 0.5) is 0 Å². The SMILES string of the molecule is OC(C1CNC1)C1CCCN1. The van der Waals surface area contributed by atoms with Crippen LogP contribution in [-0.4, -0.2) is 36.9 Å². The van der Waals surface area contributed by atoms with E-state index in [1.54, 1.807) is 0 Å². The van der Waals surface area contributed by atoms with Crippen LogP contribution in [0, 0.1) is 5.92 Å². The first-order valence-corrected chi connectivity index (χ1v) is 4.50. The minimum absolute atomic E-state index is 0.112. The predicted octanol–water partition coefficient (Wildman–Crippen LogP) is -0.681. The van der Waals surface area contributed by atoms with Crippen molar-refractivity contribution in [3.8, 4) is 0 Å². The van der Waals surface area contributed by atoms with E-state index in [2.05, 4.69) is 10.6 Å². The van der Waals surface area contributed by atoms with Crippen molar-refractivity contribution in [1.82, 2.24) is 10.6 Å². The Balaban J connectivity index is 1.82. The Kier molecular flexibility index (Phi) is 2.11. The summed E-state index contributed by atoms with van der Waals surface area (Å²) >= 11 is 0. The summed E-state index contributed by atoms with van der Waals surface area (Å²) in [5.41, 5.74) is 0. The van der Waals surface area contributed by atoms with Crippen molar-refractivity contribution in [2.75, 3.05) is 19.6 Å². The second kappa shape index (κ2) is 3.09. The highest BCUT2D eigenvalue weighted by molar-refractivity contribution is 4.90. The van der Waals surface area contributed by atoms with Crippen molar-refractivity contribution in [1.29, 1.82) is 0 Å². The van der Waals surface area contributed by atoms with E-state index >= 15 is 0 Å². The predicted molar refractivity (Wildman–Crippen MR) is 43.4 cm³/mol. The molecule has 11 heavy (non-hydrogen) atoms. The second-order valence-electron chi connectivity index (χ2n) is 3.61. The molecule has 0 spiro atoms. The molecular weight excluding hydrogens is 140 g/mol. The van der Waals surface area contributed by atoms with Gasteiger partial charge < -0.3 is 15.7 Å². The normalized spacial score (nSPS) is 35.2. The zero-order valence-electron chi connectivity index (χ0n) is 6.71. The third-order valence-electron chi connectivity index (χ3n) is 2.81. The molecule has 0 aromatic rings. The highest BCUT2D eigenvalue weighted by atomic mass is 16.3. The third kappa shape index (κ3) is 1.41. The number of rotatable bonds is 2. The van der Waals surface area contributed by atoms with E-state index in [1.165, 1.54) is 6.42 Å². The van der Waals surface area contributed by atoms with Crippen LogP contribution in [0.5, 0.6) is 0 Å². The molecule has 0 bridgehead atoms. The zero-order chi connectivity index (χ0) is 7.68. The minimum atomic E-state index is -0.112. The van der Waals surface area contributed by atoms with Crippen LogP contribution >= 0.6 is 0 Å². The number of hydrogen-bond donors (Lipinski definition) is 3. The monoisotopic (exact) mass is 156 g/mol. The van der Waals surface area contributed by atoms with Gasteiger partial charge in [0.25, 0.3) is 0 Å². The quantitative estimate of drug-likeness (QED) is 0.496. The largest absolute Gasteiger partial charge is 0.391 e. The molecule has 2 fully saturated rings. The highest BCUT2D eigenvalue weighted by Gasteiger charge is 2.32. The summed E-state index contributed by atoms with van der Waals surface area (Å²) in [7, 11) is 0. The van der Waals surface area contributed by atoms with E-state index in [-0.39, 0.29) is 6.10 Å². The van der Waals surface area contributed by atoms with Crippen molar-refractivity contribution in [2.45, 2.75) is 25.0 Å². The van der Waals surface area contributed by atoms with Crippen LogP contribution < -0.4 is 10.6 Å². The van der Waals surface area contributed by atoms with Crippen molar-refractivity contribution in [3.63, 3.8) is 0 Å². The van der Waals surface area contributed by atoms with Crippen LogP contribution in [0.3, 0.4) is 0 Å². The summed E-state index contributed by atoms with van der Waals surface area (Å²) in [6.07, 6.45) is 2.26. The Morgan fingerprint density at radius 2 is 2.18 bits per heavy atom. The molecule has 3 heteroatoms. The summed E-state index contributed by atoms with van der Waals surface area (Å²) < 4.78 is 0. The lowest BCUT2D eigenvalue weighted by molar-refractivity contribution is 0.0490. The van der Waals surface area contributed by atoms with E-state index in [1.807, 2.05) is 0 Å². The Morgan fingerprint density at radius 1 is 1.36 bits per heavy atom. The Hall–Kier alpha value is -0.120. The van der Waals surface area contributed by atoms with Gasteiger partial charge in [0.2, 0.25) is 0 Å². The van der Waals surface area contributed by atoms with Crippen LogP contribution in [0.25, 0.3) is 0 Å². The molecule has 0 aromatic heterocycles. The van der Waals surface area contributed by atoms with Gasteiger partial charge in [-0.15, -0.1) is 0 Å². The molecule has 2 saturated heterocycles. The fourth-order valence-corrected chi connectivity index (χ4v) is 1.88. The zero-order valence-corrected chi connectivity index (χ0v) is 6.71. The summed E-state index contributed by atoms with van der Waals surface area (Å²) in [4.78, 5) is 0. The van der Waals surface area contributed by atoms with Gasteiger partial charge in [0, 0.05) is 25.0 Å². The van der Waals surface area contributed by atoms with Crippen molar-refractivity contribution < 1.29 is 5.11 Å². The van der Waals surface area contributed by atoms with Gasteiger partial charge in [-0.05, 0) is 19.4 Å². The lowest BCUT2D eigenvalue weighted by Crippen LogP contribution is -2.54. The smallest absolute Gasteiger partial charge is 0.0745 e. The van der Waals surface area contributed by atoms with Gasteiger partial charge in [-0.2, -0.15) is 0 Å². The van der Waals surface area contributed by atoms with Crippen molar-refractivity contribution in [3.05, 3.63) is 0 Å². The van der Waals surface area contributed by atoms with Crippen molar-refractivity contribution >= 4 is 0 Å². The highest BCUT2D eigenvalue weighted by Crippen LogP contribution is 2.18. The van der Waals surface area contributed by atoms with E-state index < -0.39 is 0 Å². The molecule has 2 heterocycles. The van der Waals surface area contributed by atoms with E-state index in [9.17, 15) is 5.11 Å². The Morgan fingerprint density at radius 3 is 2.64 bits per heavy atom. The maximum absolute atomic E-state index is 9.77. The first kappa shape index (κ1) is 7.53.